The summed E-state index contributed by atoms with van der Waals surface area (Å²) in [5.74, 6) is -0.0208. The first-order valence-corrected chi connectivity index (χ1v) is 7.30. The highest BCUT2D eigenvalue weighted by atomic mass is 16.1. The molecule has 0 aromatic heterocycles. The van der Waals surface area contributed by atoms with Crippen LogP contribution >= 0.6 is 0 Å². The summed E-state index contributed by atoms with van der Waals surface area (Å²) in [6, 6.07) is 6.77. The Labute approximate surface area is 115 Å². The van der Waals surface area contributed by atoms with Crippen LogP contribution in [0.2, 0.25) is 0 Å². The molecule has 0 spiro atoms. The molecule has 19 heavy (non-hydrogen) atoms. The Morgan fingerprint density at radius 3 is 2.42 bits per heavy atom. The van der Waals surface area contributed by atoms with Crippen LogP contribution in [-0.4, -0.2) is 11.9 Å². The van der Waals surface area contributed by atoms with Gasteiger partial charge in [-0.05, 0) is 43.5 Å². The predicted octanol–water partition coefficient (Wildman–Crippen LogP) is 4.09. The lowest BCUT2D eigenvalue weighted by atomic mass is 10.1. The predicted molar refractivity (Wildman–Crippen MR) is 80.6 cm³/mol. The Bertz CT molecular complexity index is 434. The second-order valence-electron chi connectivity index (χ2n) is 5.54. The van der Waals surface area contributed by atoms with Crippen molar-refractivity contribution in [3.8, 4) is 0 Å². The van der Waals surface area contributed by atoms with E-state index in [1.54, 1.807) is 0 Å². The van der Waals surface area contributed by atoms with E-state index in [1.807, 2.05) is 13.0 Å². The van der Waals surface area contributed by atoms with Crippen molar-refractivity contribution >= 4 is 17.3 Å². The van der Waals surface area contributed by atoms with Crippen LogP contribution < -0.4 is 10.6 Å². The van der Waals surface area contributed by atoms with Gasteiger partial charge in [-0.15, -0.1) is 0 Å². The van der Waals surface area contributed by atoms with Crippen molar-refractivity contribution in [3.63, 3.8) is 0 Å². The fourth-order valence-electron chi connectivity index (χ4n) is 2.74. The minimum atomic E-state index is -0.0208. The summed E-state index contributed by atoms with van der Waals surface area (Å²) in [6.45, 7) is 3.57. The first-order chi connectivity index (χ1) is 9.15. The maximum Gasteiger partial charge on any atom is 0.221 e. The van der Waals surface area contributed by atoms with Gasteiger partial charge in [0, 0.05) is 24.3 Å². The second-order valence-corrected chi connectivity index (χ2v) is 5.54. The Kier molecular flexibility index (Phi) is 4.83. The number of carbonyl (C=O) groups excluding carboxylic acids is 1. The van der Waals surface area contributed by atoms with Crippen molar-refractivity contribution in [1.29, 1.82) is 0 Å². The number of anilines is 2. The summed E-state index contributed by atoms with van der Waals surface area (Å²) in [5, 5.41) is 6.48. The smallest absolute Gasteiger partial charge is 0.221 e. The topological polar surface area (TPSA) is 41.1 Å². The molecular weight excluding hydrogens is 236 g/mol. The van der Waals surface area contributed by atoms with Gasteiger partial charge in [0.1, 0.15) is 0 Å². The lowest BCUT2D eigenvalue weighted by Crippen LogP contribution is -2.18. The van der Waals surface area contributed by atoms with Crippen LogP contribution in [0.1, 0.15) is 51.0 Å². The third-order valence-corrected chi connectivity index (χ3v) is 3.76. The molecule has 0 heterocycles. The van der Waals surface area contributed by atoms with E-state index in [-0.39, 0.29) is 5.91 Å². The summed E-state index contributed by atoms with van der Waals surface area (Å²) < 4.78 is 0. The third-order valence-electron chi connectivity index (χ3n) is 3.76. The van der Waals surface area contributed by atoms with E-state index in [0.29, 0.717) is 6.04 Å². The van der Waals surface area contributed by atoms with Crippen molar-refractivity contribution in [3.05, 3.63) is 23.8 Å². The number of rotatable bonds is 3. The maximum atomic E-state index is 11.1. The van der Waals surface area contributed by atoms with Crippen molar-refractivity contribution < 1.29 is 4.79 Å². The highest BCUT2D eigenvalue weighted by Gasteiger charge is 2.12. The van der Waals surface area contributed by atoms with Crippen LogP contribution in [0.4, 0.5) is 11.4 Å². The Morgan fingerprint density at radius 1 is 1.16 bits per heavy atom. The lowest BCUT2D eigenvalue weighted by molar-refractivity contribution is -0.114. The second kappa shape index (κ2) is 6.60. The molecule has 0 saturated heterocycles. The monoisotopic (exact) mass is 260 g/mol. The molecular formula is C16H24N2O. The fraction of sp³-hybridized carbons (Fsp3) is 0.562. The average Bonchev–Trinajstić information content (AvgIpc) is 2.61. The largest absolute Gasteiger partial charge is 0.382 e. The summed E-state index contributed by atoms with van der Waals surface area (Å²) >= 11 is 0. The third kappa shape index (κ3) is 4.27. The summed E-state index contributed by atoms with van der Waals surface area (Å²) in [7, 11) is 0. The first kappa shape index (κ1) is 13.9. The number of carbonyl (C=O) groups is 1. The quantitative estimate of drug-likeness (QED) is 0.804. The van der Waals surface area contributed by atoms with E-state index in [4.69, 9.17) is 0 Å². The van der Waals surface area contributed by atoms with Gasteiger partial charge in [-0.3, -0.25) is 4.79 Å². The lowest BCUT2D eigenvalue weighted by Gasteiger charge is -2.18. The van der Waals surface area contributed by atoms with Crippen LogP contribution in [0, 0.1) is 6.92 Å². The summed E-state index contributed by atoms with van der Waals surface area (Å²) in [6.07, 6.45) is 7.96. The Morgan fingerprint density at radius 2 is 1.84 bits per heavy atom. The van der Waals surface area contributed by atoms with Crippen LogP contribution in [0.25, 0.3) is 0 Å². The van der Waals surface area contributed by atoms with Crippen molar-refractivity contribution in [1.82, 2.24) is 0 Å². The van der Waals surface area contributed by atoms with Gasteiger partial charge in [-0.2, -0.15) is 0 Å². The number of nitrogens with one attached hydrogen (secondary N) is 2. The molecule has 0 radical (unpaired) electrons. The standard InChI is InChI=1S/C16H24N2O/c1-12-11-15(9-10-16(12)17-13(2)19)18-14-7-5-3-4-6-8-14/h9-11,14,18H,3-8H2,1-2H3,(H,17,19). The van der Waals surface area contributed by atoms with Gasteiger partial charge >= 0.3 is 0 Å². The molecule has 1 aromatic rings. The molecule has 104 valence electrons. The average molecular weight is 260 g/mol. The minimum Gasteiger partial charge on any atom is -0.382 e. The zero-order chi connectivity index (χ0) is 13.7. The fourth-order valence-corrected chi connectivity index (χ4v) is 2.74. The van der Waals surface area contributed by atoms with Gasteiger partial charge in [0.2, 0.25) is 5.91 Å². The molecule has 1 amide bonds. The van der Waals surface area contributed by atoms with E-state index < -0.39 is 0 Å². The van der Waals surface area contributed by atoms with Gasteiger partial charge in [-0.1, -0.05) is 25.7 Å². The molecule has 1 aliphatic carbocycles. The van der Waals surface area contributed by atoms with E-state index in [1.165, 1.54) is 51.1 Å². The highest BCUT2D eigenvalue weighted by molar-refractivity contribution is 5.89. The molecule has 0 unspecified atom stereocenters. The Balaban J connectivity index is 2.00. The van der Waals surface area contributed by atoms with Crippen molar-refractivity contribution in [2.75, 3.05) is 10.6 Å². The molecule has 2 N–H and O–H groups in total. The SMILES string of the molecule is CC(=O)Nc1ccc(NC2CCCCCC2)cc1C. The highest BCUT2D eigenvalue weighted by Crippen LogP contribution is 2.24. The van der Waals surface area contributed by atoms with Crippen LogP contribution in [0.15, 0.2) is 18.2 Å². The number of hydrogen-bond donors (Lipinski definition) is 2. The molecule has 0 bridgehead atoms. The van der Waals surface area contributed by atoms with Gasteiger partial charge in [0.05, 0.1) is 0 Å². The molecule has 2 rings (SSSR count). The van der Waals surface area contributed by atoms with Gasteiger partial charge in [-0.25, -0.2) is 0 Å². The summed E-state index contributed by atoms with van der Waals surface area (Å²) in [4.78, 5) is 11.1. The molecule has 1 saturated carbocycles. The van der Waals surface area contributed by atoms with Crippen molar-refractivity contribution in [2.45, 2.75) is 58.4 Å². The van der Waals surface area contributed by atoms with Crippen molar-refractivity contribution in [2.24, 2.45) is 0 Å². The molecule has 0 aliphatic heterocycles. The molecule has 3 heteroatoms. The first-order valence-electron chi connectivity index (χ1n) is 7.30. The van der Waals surface area contributed by atoms with E-state index >= 15 is 0 Å². The van der Waals surface area contributed by atoms with E-state index in [9.17, 15) is 4.79 Å². The zero-order valence-corrected chi connectivity index (χ0v) is 12.0. The van der Waals surface area contributed by atoms with Crippen LogP contribution in [0.3, 0.4) is 0 Å². The molecule has 0 atom stereocenters. The number of hydrogen-bond acceptors (Lipinski definition) is 2. The van der Waals surface area contributed by atoms with Crippen LogP contribution in [-0.2, 0) is 4.79 Å². The molecule has 1 aliphatic rings. The number of amides is 1. The van der Waals surface area contributed by atoms with E-state index in [0.717, 1.165) is 11.3 Å². The summed E-state index contributed by atoms with van der Waals surface area (Å²) in [5.41, 5.74) is 3.17. The van der Waals surface area contributed by atoms with Gasteiger partial charge < -0.3 is 10.6 Å². The zero-order valence-electron chi connectivity index (χ0n) is 12.0. The number of benzene rings is 1. The minimum absolute atomic E-state index is 0.0208. The van der Waals surface area contributed by atoms with Crippen LogP contribution in [0.5, 0.6) is 0 Å². The van der Waals surface area contributed by atoms with E-state index in [2.05, 4.69) is 22.8 Å². The Hall–Kier alpha value is -1.51. The van der Waals surface area contributed by atoms with Gasteiger partial charge in [0.25, 0.3) is 0 Å². The number of aryl methyl sites for hydroxylation is 1. The molecule has 1 aromatic carbocycles. The maximum absolute atomic E-state index is 11.1. The normalized spacial score (nSPS) is 16.7. The molecule has 1 fully saturated rings. The molecule has 3 nitrogen and oxygen atoms in total. The van der Waals surface area contributed by atoms with Gasteiger partial charge in [0.15, 0.2) is 0 Å².